The Kier molecular flexibility index (Phi) is 4.50. The molecule has 28 heavy (non-hydrogen) atoms. The molecule has 4 aromatic rings. The van der Waals surface area contributed by atoms with Crippen LogP contribution in [0.1, 0.15) is 15.9 Å². The number of nitrogens with one attached hydrogen (secondary N) is 3. The first kappa shape index (κ1) is 17.3. The molecule has 0 aliphatic rings. The monoisotopic (exact) mass is 377 g/mol. The number of anilines is 1. The fourth-order valence-corrected chi connectivity index (χ4v) is 2.71. The number of carbonyl (C=O) groups is 1. The maximum Gasteiger partial charge on any atom is 0.327 e. The van der Waals surface area contributed by atoms with Crippen LogP contribution in [-0.2, 0) is 13.0 Å². The SMILES string of the molecule is O=C(Nc1ccn(CCc2ccncc2)n1)c1cnc2[nH]c(=O)[nH]c(=O)c2c1. The summed E-state index contributed by atoms with van der Waals surface area (Å²) in [6.07, 6.45) is 7.32. The molecule has 4 rings (SSSR count). The van der Waals surface area contributed by atoms with E-state index in [4.69, 9.17) is 0 Å². The van der Waals surface area contributed by atoms with Gasteiger partial charge in [0.05, 0.1) is 10.9 Å². The molecule has 0 atom stereocenters. The molecule has 0 radical (unpaired) electrons. The third-order valence-electron chi connectivity index (χ3n) is 4.11. The van der Waals surface area contributed by atoms with Crippen molar-refractivity contribution in [2.75, 3.05) is 5.32 Å². The minimum atomic E-state index is -0.653. The molecule has 140 valence electrons. The lowest BCUT2D eigenvalue weighted by Gasteiger charge is -2.04. The van der Waals surface area contributed by atoms with Crippen molar-refractivity contribution < 1.29 is 4.79 Å². The molecule has 0 unspecified atom stereocenters. The van der Waals surface area contributed by atoms with Gasteiger partial charge < -0.3 is 5.32 Å². The predicted octanol–water partition coefficient (Wildman–Crippen LogP) is 0.698. The molecule has 4 aromatic heterocycles. The van der Waals surface area contributed by atoms with E-state index in [2.05, 4.69) is 30.4 Å². The van der Waals surface area contributed by atoms with Crippen molar-refractivity contribution in [1.82, 2.24) is 29.7 Å². The molecule has 0 bridgehead atoms. The first-order valence-corrected chi connectivity index (χ1v) is 8.44. The first-order chi connectivity index (χ1) is 13.6. The highest BCUT2D eigenvalue weighted by atomic mass is 16.2. The van der Waals surface area contributed by atoms with Gasteiger partial charge in [0.15, 0.2) is 5.82 Å². The fraction of sp³-hybridized carbons (Fsp3) is 0.111. The summed E-state index contributed by atoms with van der Waals surface area (Å²) in [4.78, 5) is 48.0. The number of nitrogens with zero attached hydrogens (tertiary/aromatic N) is 4. The number of H-pyrrole nitrogens is 2. The third kappa shape index (κ3) is 3.70. The molecule has 4 heterocycles. The molecule has 10 nitrogen and oxygen atoms in total. The van der Waals surface area contributed by atoms with E-state index in [0.717, 1.165) is 12.0 Å². The number of hydrogen-bond donors (Lipinski definition) is 3. The number of amides is 1. The van der Waals surface area contributed by atoms with Gasteiger partial charge in [-0.2, -0.15) is 5.10 Å². The summed E-state index contributed by atoms with van der Waals surface area (Å²) >= 11 is 0. The number of aryl methyl sites for hydroxylation is 2. The smallest absolute Gasteiger partial charge is 0.305 e. The van der Waals surface area contributed by atoms with E-state index < -0.39 is 17.2 Å². The van der Waals surface area contributed by atoms with Crippen molar-refractivity contribution in [2.24, 2.45) is 0 Å². The summed E-state index contributed by atoms with van der Waals surface area (Å²) in [5, 5.41) is 7.10. The Bertz CT molecular complexity index is 1260. The van der Waals surface area contributed by atoms with Crippen LogP contribution in [0.2, 0.25) is 0 Å². The fourth-order valence-electron chi connectivity index (χ4n) is 2.71. The highest BCUT2D eigenvalue weighted by Crippen LogP contribution is 2.10. The maximum absolute atomic E-state index is 12.4. The molecule has 0 aromatic carbocycles. The van der Waals surface area contributed by atoms with E-state index in [9.17, 15) is 14.4 Å². The highest BCUT2D eigenvalue weighted by Gasteiger charge is 2.11. The average molecular weight is 377 g/mol. The summed E-state index contributed by atoms with van der Waals surface area (Å²) < 4.78 is 1.73. The number of aromatic nitrogens is 6. The van der Waals surface area contributed by atoms with Gasteiger partial charge in [0, 0.05) is 37.4 Å². The Labute approximate surface area is 157 Å². The molecule has 0 aliphatic carbocycles. The van der Waals surface area contributed by atoms with Gasteiger partial charge in [0.1, 0.15) is 5.65 Å². The zero-order chi connectivity index (χ0) is 19.5. The van der Waals surface area contributed by atoms with E-state index in [1.165, 1.54) is 12.3 Å². The van der Waals surface area contributed by atoms with E-state index in [0.29, 0.717) is 12.4 Å². The first-order valence-electron chi connectivity index (χ1n) is 8.44. The van der Waals surface area contributed by atoms with E-state index >= 15 is 0 Å². The molecule has 0 saturated carbocycles. The van der Waals surface area contributed by atoms with Gasteiger partial charge in [-0.25, -0.2) is 9.78 Å². The van der Waals surface area contributed by atoms with E-state index in [1.807, 2.05) is 12.1 Å². The van der Waals surface area contributed by atoms with Gasteiger partial charge in [0.25, 0.3) is 11.5 Å². The maximum atomic E-state index is 12.4. The zero-order valence-corrected chi connectivity index (χ0v) is 14.5. The molecule has 0 spiro atoms. The lowest BCUT2D eigenvalue weighted by molar-refractivity contribution is 0.102. The second kappa shape index (κ2) is 7.27. The summed E-state index contributed by atoms with van der Waals surface area (Å²) in [7, 11) is 0. The number of pyridine rings is 2. The minimum Gasteiger partial charge on any atom is -0.305 e. The summed E-state index contributed by atoms with van der Waals surface area (Å²) in [6.45, 7) is 0.653. The molecular weight excluding hydrogens is 362 g/mol. The lowest BCUT2D eigenvalue weighted by Crippen LogP contribution is -2.23. The van der Waals surface area contributed by atoms with Gasteiger partial charge in [-0.05, 0) is 30.2 Å². The quantitative estimate of drug-likeness (QED) is 0.468. The number of hydrogen-bond acceptors (Lipinski definition) is 6. The van der Waals surface area contributed by atoms with Crippen LogP contribution in [0.15, 0.2) is 58.6 Å². The molecule has 0 saturated heterocycles. The molecular formula is C18H15N7O3. The van der Waals surface area contributed by atoms with Crippen molar-refractivity contribution >= 4 is 22.8 Å². The van der Waals surface area contributed by atoms with Crippen LogP contribution in [0.4, 0.5) is 5.82 Å². The van der Waals surface area contributed by atoms with Crippen LogP contribution in [0.3, 0.4) is 0 Å². The number of carbonyl (C=O) groups excluding carboxylic acids is 1. The van der Waals surface area contributed by atoms with Crippen molar-refractivity contribution in [3.63, 3.8) is 0 Å². The van der Waals surface area contributed by atoms with Crippen molar-refractivity contribution in [3.05, 3.63) is 81.0 Å². The van der Waals surface area contributed by atoms with Gasteiger partial charge >= 0.3 is 5.69 Å². The molecule has 0 aliphatic heterocycles. The van der Waals surface area contributed by atoms with Crippen molar-refractivity contribution in [3.8, 4) is 0 Å². The topological polar surface area (TPSA) is 138 Å². The standard InChI is InChI=1S/C18H15N7O3/c26-16(12-9-13-15(20-10-12)22-18(28)23-17(13)27)21-14-4-8-25(24-14)7-3-11-1-5-19-6-2-11/h1-2,4-6,8-10H,3,7H2,(H,21,24,26)(H2,20,22,23,27,28). The Morgan fingerprint density at radius 1 is 1.14 bits per heavy atom. The Hall–Kier alpha value is -4.08. The van der Waals surface area contributed by atoms with Crippen LogP contribution in [-0.4, -0.2) is 35.6 Å². The largest absolute Gasteiger partial charge is 0.327 e. The van der Waals surface area contributed by atoms with Crippen LogP contribution >= 0.6 is 0 Å². The molecule has 0 fully saturated rings. The summed E-state index contributed by atoms with van der Waals surface area (Å²) in [6, 6.07) is 6.93. The lowest BCUT2D eigenvalue weighted by atomic mass is 10.2. The van der Waals surface area contributed by atoms with E-state index in [-0.39, 0.29) is 16.6 Å². The Morgan fingerprint density at radius 3 is 2.79 bits per heavy atom. The number of aromatic amines is 2. The normalized spacial score (nSPS) is 10.9. The van der Waals surface area contributed by atoms with Gasteiger partial charge in [-0.1, -0.05) is 0 Å². The highest BCUT2D eigenvalue weighted by molar-refractivity contribution is 6.05. The average Bonchev–Trinajstić information content (AvgIpc) is 3.14. The van der Waals surface area contributed by atoms with Crippen LogP contribution in [0.25, 0.3) is 11.0 Å². The zero-order valence-electron chi connectivity index (χ0n) is 14.5. The minimum absolute atomic E-state index is 0.116. The second-order valence-electron chi connectivity index (χ2n) is 6.05. The number of fused-ring (bicyclic) bond motifs is 1. The van der Waals surface area contributed by atoms with E-state index in [1.54, 1.807) is 29.3 Å². The Balaban J connectivity index is 1.46. The number of rotatable bonds is 5. The van der Waals surface area contributed by atoms with Gasteiger partial charge in [0.2, 0.25) is 0 Å². The van der Waals surface area contributed by atoms with Crippen LogP contribution in [0, 0.1) is 0 Å². The molecule has 10 heteroatoms. The summed E-state index contributed by atoms with van der Waals surface area (Å²) in [5.41, 5.74) is 0.171. The van der Waals surface area contributed by atoms with Crippen molar-refractivity contribution in [2.45, 2.75) is 13.0 Å². The van der Waals surface area contributed by atoms with Crippen molar-refractivity contribution in [1.29, 1.82) is 0 Å². The van der Waals surface area contributed by atoms with Crippen LogP contribution in [0.5, 0.6) is 0 Å². The summed E-state index contributed by atoms with van der Waals surface area (Å²) in [5.74, 6) is -0.0745. The second-order valence-corrected chi connectivity index (χ2v) is 6.05. The van der Waals surface area contributed by atoms with Gasteiger partial charge in [-0.15, -0.1) is 0 Å². The van der Waals surface area contributed by atoms with Gasteiger partial charge in [-0.3, -0.25) is 29.2 Å². The third-order valence-corrected chi connectivity index (χ3v) is 4.11. The van der Waals surface area contributed by atoms with Crippen LogP contribution < -0.4 is 16.6 Å². The predicted molar refractivity (Wildman–Crippen MR) is 101 cm³/mol. The molecule has 3 N–H and O–H groups in total. The molecule has 1 amide bonds. The Morgan fingerprint density at radius 2 is 1.96 bits per heavy atom.